The van der Waals surface area contributed by atoms with Crippen LogP contribution >= 0.6 is 11.8 Å². The van der Waals surface area contributed by atoms with Crippen molar-refractivity contribution in [2.75, 3.05) is 18.1 Å². The van der Waals surface area contributed by atoms with Crippen LogP contribution in [0.5, 0.6) is 0 Å². The molecule has 0 radical (unpaired) electrons. The van der Waals surface area contributed by atoms with Crippen LogP contribution < -0.4 is 5.32 Å². The van der Waals surface area contributed by atoms with Crippen LogP contribution in [0.3, 0.4) is 0 Å². The molecule has 0 aliphatic heterocycles. The Kier molecular flexibility index (Phi) is 3.46. The lowest BCUT2D eigenvalue weighted by Crippen LogP contribution is -2.30. The van der Waals surface area contributed by atoms with Crippen LogP contribution in [-0.4, -0.2) is 27.7 Å². The lowest BCUT2D eigenvalue weighted by Gasteiger charge is -2.26. The second kappa shape index (κ2) is 4.84. The molecule has 4 heteroatoms. The number of anilines is 1. The maximum Gasteiger partial charge on any atom is 0.148 e. The number of hydrogen-bond acceptors (Lipinski definition) is 4. The molecule has 1 N–H and O–H groups in total. The van der Waals surface area contributed by atoms with Crippen LogP contribution in [0.2, 0.25) is 0 Å². The molecular weight excluding hydrogens is 206 g/mol. The average molecular weight is 223 g/mol. The number of rotatable bonds is 4. The summed E-state index contributed by atoms with van der Waals surface area (Å²) < 4.78 is 0.428. The van der Waals surface area contributed by atoms with Crippen molar-refractivity contribution in [3.05, 3.63) is 18.3 Å². The molecule has 2 rings (SSSR count). The molecule has 1 fully saturated rings. The fraction of sp³-hybridized carbons (Fsp3) is 0.636. The van der Waals surface area contributed by atoms with Gasteiger partial charge in [0.05, 0.1) is 0 Å². The molecular formula is C11H17N3S. The molecule has 1 aromatic heterocycles. The SMILES string of the molecule is CSC1(CNc2cccnn2)CCCC1. The van der Waals surface area contributed by atoms with E-state index in [2.05, 4.69) is 21.8 Å². The van der Waals surface area contributed by atoms with Crippen LogP contribution in [0.25, 0.3) is 0 Å². The summed E-state index contributed by atoms with van der Waals surface area (Å²) in [5, 5.41) is 11.3. The minimum absolute atomic E-state index is 0.428. The van der Waals surface area contributed by atoms with Gasteiger partial charge in [-0.3, -0.25) is 0 Å². The van der Waals surface area contributed by atoms with Crippen molar-refractivity contribution >= 4 is 17.6 Å². The number of aromatic nitrogens is 2. The zero-order valence-corrected chi connectivity index (χ0v) is 9.89. The smallest absolute Gasteiger partial charge is 0.148 e. The van der Waals surface area contributed by atoms with E-state index in [4.69, 9.17) is 0 Å². The predicted octanol–water partition coefficient (Wildman–Crippen LogP) is 2.56. The van der Waals surface area contributed by atoms with Crippen molar-refractivity contribution in [3.63, 3.8) is 0 Å². The lowest BCUT2D eigenvalue weighted by molar-refractivity contribution is 0.638. The summed E-state index contributed by atoms with van der Waals surface area (Å²) in [6.45, 7) is 1.01. The van der Waals surface area contributed by atoms with E-state index in [1.54, 1.807) is 6.20 Å². The maximum absolute atomic E-state index is 4.03. The van der Waals surface area contributed by atoms with Gasteiger partial charge in [-0.2, -0.15) is 16.9 Å². The summed E-state index contributed by atoms with van der Waals surface area (Å²) in [7, 11) is 0. The lowest BCUT2D eigenvalue weighted by atomic mass is 10.1. The highest BCUT2D eigenvalue weighted by Gasteiger charge is 2.32. The molecule has 1 aliphatic carbocycles. The van der Waals surface area contributed by atoms with E-state index >= 15 is 0 Å². The molecule has 1 aliphatic rings. The van der Waals surface area contributed by atoms with E-state index in [0.717, 1.165) is 12.4 Å². The monoisotopic (exact) mass is 223 g/mol. The summed E-state index contributed by atoms with van der Waals surface area (Å²) in [6.07, 6.45) is 9.28. The average Bonchev–Trinajstić information content (AvgIpc) is 2.77. The first-order valence-electron chi connectivity index (χ1n) is 5.41. The van der Waals surface area contributed by atoms with Gasteiger partial charge < -0.3 is 5.32 Å². The minimum Gasteiger partial charge on any atom is -0.367 e. The fourth-order valence-corrected chi connectivity index (χ4v) is 3.03. The zero-order valence-electron chi connectivity index (χ0n) is 9.07. The Balaban J connectivity index is 1.92. The maximum atomic E-state index is 4.03. The zero-order chi connectivity index (χ0) is 10.6. The highest BCUT2D eigenvalue weighted by Crippen LogP contribution is 2.40. The van der Waals surface area contributed by atoms with Gasteiger partial charge >= 0.3 is 0 Å². The van der Waals surface area contributed by atoms with Crippen LogP contribution in [0.1, 0.15) is 25.7 Å². The van der Waals surface area contributed by atoms with Gasteiger partial charge in [0, 0.05) is 17.5 Å². The van der Waals surface area contributed by atoms with E-state index in [1.165, 1.54) is 25.7 Å². The molecule has 1 saturated carbocycles. The molecule has 1 aromatic rings. The first kappa shape index (κ1) is 10.7. The molecule has 0 amide bonds. The van der Waals surface area contributed by atoms with Gasteiger partial charge in [0.15, 0.2) is 0 Å². The topological polar surface area (TPSA) is 37.8 Å². The molecule has 0 bridgehead atoms. The van der Waals surface area contributed by atoms with Gasteiger partial charge in [-0.05, 0) is 31.2 Å². The van der Waals surface area contributed by atoms with Gasteiger partial charge in [-0.15, -0.1) is 5.10 Å². The summed E-state index contributed by atoms with van der Waals surface area (Å²) in [5.74, 6) is 0.887. The second-order valence-corrected chi connectivity index (χ2v) is 5.33. The molecule has 0 spiro atoms. The molecule has 0 atom stereocenters. The summed E-state index contributed by atoms with van der Waals surface area (Å²) >= 11 is 1.99. The first-order valence-corrected chi connectivity index (χ1v) is 6.64. The van der Waals surface area contributed by atoms with Gasteiger partial charge in [0.2, 0.25) is 0 Å². The van der Waals surface area contributed by atoms with Gasteiger partial charge in [0.25, 0.3) is 0 Å². The van der Waals surface area contributed by atoms with Gasteiger partial charge in [0.1, 0.15) is 5.82 Å². The van der Waals surface area contributed by atoms with Crippen molar-refractivity contribution in [2.45, 2.75) is 30.4 Å². The standard InChI is InChI=1S/C11H17N3S/c1-15-11(6-2-3-7-11)9-12-10-5-4-8-13-14-10/h4-5,8H,2-3,6-7,9H2,1H3,(H,12,14). The van der Waals surface area contributed by atoms with Crippen LogP contribution in [0, 0.1) is 0 Å². The van der Waals surface area contributed by atoms with E-state index < -0.39 is 0 Å². The van der Waals surface area contributed by atoms with Crippen molar-refractivity contribution in [2.24, 2.45) is 0 Å². The number of nitrogens with zero attached hydrogens (tertiary/aromatic N) is 2. The molecule has 82 valence electrons. The quantitative estimate of drug-likeness (QED) is 0.851. The van der Waals surface area contributed by atoms with Gasteiger partial charge in [-0.25, -0.2) is 0 Å². The van der Waals surface area contributed by atoms with Crippen LogP contribution in [-0.2, 0) is 0 Å². The molecule has 0 unspecified atom stereocenters. The molecule has 0 saturated heterocycles. The number of hydrogen-bond donors (Lipinski definition) is 1. The Hall–Kier alpha value is -0.770. The Morgan fingerprint density at radius 2 is 2.27 bits per heavy atom. The number of nitrogens with one attached hydrogen (secondary N) is 1. The molecule has 15 heavy (non-hydrogen) atoms. The molecule has 0 aromatic carbocycles. The Bertz CT molecular complexity index is 296. The van der Waals surface area contributed by atoms with Crippen molar-refractivity contribution in [3.8, 4) is 0 Å². The minimum atomic E-state index is 0.428. The van der Waals surface area contributed by atoms with E-state index in [0.29, 0.717) is 4.75 Å². The van der Waals surface area contributed by atoms with E-state index in [-0.39, 0.29) is 0 Å². The normalized spacial score (nSPS) is 19.0. The highest BCUT2D eigenvalue weighted by atomic mass is 32.2. The summed E-state index contributed by atoms with van der Waals surface area (Å²) in [5.41, 5.74) is 0. The third-order valence-electron chi connectivity index (χ3n) is 3.11. The second-order valence-electron chi connectivity index (χ2n) is 4.06. The summed E-state index contributed by atoms with van der Waals surface area (Å²) in [4.78, 5) is 0. The van der Waals surface area contributed by atoms with Crippen molar-refractivity contribution in [1.82, 2.24) is 10.2 Å². The third kappa shape index (κ3) is 2.62. The largest absolute Gasteiger partial charge is 0.367 e. The molecule has 1 heterocycles. The van der Waals surface area contributed by atoms with Crippen molar-refractivity contribution < 1.29 is 0 Å². The first-order chi connectivity index (χ1) is 7.35. The van der Waals surface area contributed by atoms with Crippen molar-refractivity contribution in [1.29, 1.82) is 0 Å². The Morgan fingerprint density at radius 1 is 1.47 bits per heavy atom. The summed E-state index contributed by atoms with van der Waals surface area (Å²) in [6, 6.07) is 3.88. The van der Waals surface area contributed by atoms with Crippen LogP contribution in [0.15, 0.2) is 18.3 Å². The van der Waals surface area contributed by atoms with Gasteiger partial charge in [-0.1, -0.05) is 12.8 Å². The Labute approximate surface area is 95.1 Å². The molecule has 3 nitrogen and oxygen atoms in total. The van der Waals surface area contributed by atoms with E-state index in [9.17, 15) is 0 Å². The third-order valence-corrected chi connectivity index (χ3v) is 4.53. The fourth-order valence-electron chi connectivity index (χ4n) is 2.12. The number of thioether (sulfide) groups is 1. The predicted molar refractivity (Wildman–Crippen MR) is 65.2 cm³/mol. The highest BCUT2D eigenvalue weighted by molar-refractivity contribution is 8.00. The van der Waals surface area contributed by atoms with E-state index in [1.807, 2.05) is 23.9 Å². The Morgan fingerprint density at radius 3 is 2.87 bits per heavy atom. The van der Waals surface area contributed by atoms with Crippen LogP contribution in [0.4, 0.5) is 5.82 Å².